The van der Waals surface area contributed by atoms with Crippen molar-refractivity contribution in [2.24, 2.45) is 11.3 Å². The molecule has 1 saturated carbocycles. The van der Waals surface area contributed by atoms with E-state index in [4.69, 9.17) is 0 Å². The molecule has 1 aliphatic carbocycles. The number of nitriles is 1. The molecule has 3 nitrogen and oxygen atoms in total. The summed E-state index contributed by atoms with van der Waals surface area (Å²) in [6.45, 7) is 6.02. The molecule has 0 aromatic heterocycles. The highest BCUT2D eigenvalue weighted by Gasteiger charge is 2.37. The summed E-state index contributed by atoms with van der Waals surface area (Å²) in [5.41, 5.74) is -0.822. The van der Waals surface area contributed by atoms with Crippen molar-refractivity contribution >= 4 is 5.91 Å². The van der Waals surface area contributed by atoms with Crippen molar-refractivity contribution in [2.75, 3.05) is 0 Å². The fourth-order valence-corrected chi connectivity index (χ4v) is 2.62. The van der Waals surface area contributed by atoms with Gasteiger partial charge in [0.2, 0.25) is 5.91 Å². The number of rotatable bonds is 4. The maximum absolute atomic E-state index is 12.2. The molecule has 3 heteroatoms. The molecule has 0 bridgehead atoms. The Kier molecular flexibility index (Phi) is 4.99. The quantitative estimate of drug-likeness (QED) is 0.815. The summed E-state index contributed by atoms with van der Waals surface area (Å²) in [6, 6.07) is 2.47. The molecule has 1 aliphatic rings. The maximum Gasteiger partial charge on any atom is 0.240 e. The van der Waals surface area contributed by atoms with E-state index in [0.29, 0.717) is 18.8 Å². The summed E-state index contributed by atoms with van der Waals surface area (Å²) in [5.74, 6) is 0.474. The monoisotopic (exact) mass is 236 g/mol. The summed E-state index contributed by atoms with van der Waals surface area (Å²) in [6.07, 6.45) is 5.87. The zero-order valence-electron chi connectivity index (χ0n) is 11.3. The Bertz CT molecular complexity index is 302. The van der Waals surface area contributed by atoms with Crippen molar-refractivity contribution in [3.8, 4) is 6.07 Å². The van der Waals surface area contributed by atoms with Crippen molar-refractivity contribution in [2.45, 2.75) is 65.3 Å². The van der Waals surface area contributed by atoms with Crippen LogP contribution in [0, 0.1) is 22.7 Å². The molecule has 1 amide bonds. The second-order valence-corrected chi connectivity index (χ2v) is 5.24. The van der Waals surface area contributed by atoms with E-state index in [0.717, 1.165) is 6.42 Å². The van der Waals surface area contributed by atoms with Gasteiger partial charge in [-0.1, -0.05) is 33.6 Å². The number of nitrogens with one attached hydrogen (secondary N) is 1. The SMILES string of the molecule is CCC(C#N)(CC)C(=O)NC1CCCCC1C. The average Bonchev–Trinajstić information content (AvgIpc) is 2.35. The fourth-order valence-electron chi connectivity index (χ4n) is 2.62. The van der Waals surface area contributed by atoms with Crippen molar-refractivity contribution in [1.82, 2.24) is 5.32 Å². The van der Waals surface area contributed by atoms with E-state index < -0.39 is 5.41 Å². The van der Waals surface area contributed by atoms with E-state index in [9.17, 15) is 10.1 Å². The van der Waals surface area contributed by atoms with Crippen LogP contribution in [0.3, 0.4) is 0 Å². The van der Waals surface area contributed by atoms with Gasteiger partial charge in [-0.2, -0.15) is 5.26 Å². The molecule has 2 atom stereocenters. The van der Waals surface area contributed by atoms with Gasteiger partial charge in [0.15, 0.2) is 0 Å². The summed E-state index contributed by atoms with van der Waals surface area (Å²) in [7, 11) is 0. The number of carbonyl (C=O) groups is 1. The van der Waals surface area contributed by atoms with E-state index in [-0.39, 0.29) is 11.9 Å². The van der Waals surface area contributed by atoms with E-state index in [2.05, 4.69) is 18.3 Å². The van der Waals surface area contributed by atoms with Crippen LogP contribution in [0.4, 0.5) is 0 Å². The molecule has 96 valence electrons. The van der Waals surface area contributed by atoms with Gasteiger partial charge in [0.05, 0.1) is 6.07 Å². The Hall–Kier alpha value is -1.04. The van der Waals surface area contributed by atoms with Crippen LogP contribution in [0.15, 0.2) is 0 Å². The average molecular weight is 236 g/mol. The predicted molar refractivity (Wildman–Crippen MR) is 68.2 cm³/mol. The number of hydrogen-bond acceptors (Lipinski definition) is 2. The van der Waals surface area contributed by atoms with Crippen molar-refractivity contribution in [1.29, 1.82) is 5.26 Å². The van der Waals surface area contributed by atoms with Crippen LogP contribution in [0.5, 0.6) is 0 Å². The fraction of sp³-hybridized carbons (Fsp3) is 0.857. The molecule has 0 aromatic carbocycles. The Labute approximate surface area is 105 Å². The molecule has 0 saturated heterocycles. The van der Waals surface area contributed by atoms with Gasteiger partial charge >= 0.3 is 0 Å². The second-order valence-electron chi connectivity index (χ2n) is 5.24. The van der Waals surface area contributed by atoms with Crippen molar-refractivity contribution in [3.63, 3.8) is 0 Å². The molecule has 2 unspecified atom stereocenters. The molecule has 0 spiro atoms. The molecule has 0 heterocycles. The van der Waals surface area contributed by atoms with Gasteiger partial charge < -0.3 is 5.32 Å². The van der Waals surface area contributed by atoms with E-state index in [1.54, 1.807) is 0 Å². The molecule has 0 radical (unpaired) electrons. The van der Waals surface area contributed by atoms with E-state index in [1.807, 2.05) is 13.8 Å². The Morgan fingerprint density at radius 3 is 2.41 bits per heavy atom. The third kappa shape index (κ3) is 3.00. The van der Waals surface area contributed by atoms with Gasteiger partial charge in [-0.05, 0) is 31.6 Å². The molecular formula is C14H24N2O. The van der Waals surface area contributed by atoms with Crippen molar-refractivity contribution in [3.05, 3.63) is 0 Å². The molecule has 0 aliphatic heterocycles. The highest BCUT2D eigenvalue weighted by Crippen LogP contribution is 2.28. The lowest BCUT2D eigenvalue weighted by atomic mass is 9.81. The zero-order valence-corrected chi connectivity index (χ0v) is 11.3. The molecular weight excluding hydrogens is 212 g/mol. The molecule has 17 heavy (non-hydrogen) atoms. The van der Waals surface area contributed by atoms with Crippen LogP contribution in [-0.4, -0.2) is 11.9 Å². The summed E-state index contributed by atoms with van der Waals surface area (Å²) in [5, 5.41) is 12.3. The van der Waals surface area contributed by atoms with Crippen LogP contribution < -0.4 is 5.32 Å². The molecule has 1 N–H and O–H groups in total. The lowest BCUT2D eigenvalue weighted by Crippen LogP contribution is -2.47. The minimum absolute atomic E-state index is 0.0660. The maximum atomic E-state index is 12.2. The zero-order chi connectivity index (χ0) is 12.9. The molecule has 1 rings (SSSR count). The van der Waals surface area contributed by atoms with Crippen molar-refractivity contribution < 1.29 is 4.79 Å². The minimum atomic E-state index is -0.822. The first-order chi connectivity index (χ1) is 8.09. The van der Waals surface area contributed by atoms with E-state index >= 15 is 0 Å². The normalized spacial score (nSPS) is 25.1. The van der Waals surface area contributed by atoms with Gasteiger partial charge in [-0.25, -0.2) is 0 Å². The molecule has 0 aromatic rings. The highest BCUT2D eigenvalue weighted by molar-refractivity contribution is 5.85. The van der Waals surface area contributed by atoms with Gasteiger partial charge in [0, 0.05) is 6.04 Å². The summed E-state index contributed by atoms with van der Waals surface area (Å²) < 4.78 is 0. The Balaban J connectivity index is 2.67. The summed E-state index contributed by atoms with van der Waals surface area (Å²) in [4.78, 5) is 12.2. The van der Waals surface area contributed by atoms with Crippen LogP contribution in [0.2, 0.25) is 0 Å². The highest BCUT2D eigenvalue weighted by atomic mass is 16.2. The minimum Gasteiger partial charge on any atom is -0.352 e. The number of amides is 1. The van der Waals surface area contributed by atoms with E-state index in [1.165, 1.54) is 19.3 Å². The topological polar surface area (TPSA) is 52.9 Å². The van der Waals surface area contributed by atoms with Gasteiger partial charge in [-0.15, -0.1) is 0 Å². The lowest BCUT2D eigenvalue weighted by Gasteiger charge is -2.32. The van der Waals surface area contributed by atoms with Crippen LogP contribution >= 0.6 is 0 Å². The van der Waals surface area contributed by atoms with Gasteiger partial charge in [0.25, 0.3) is 0 Å². The Morgan fingerprint density at radius 1 is 1.35 bits per heavy atom. The Morgan fingerprint density at radius 2 is 1.94 bits per heavy atom. The largest absolute Gasteiger partial charge is 0.352 e. The third-order valence-electron chi connectivity index (χ3n) is 4.28. The predicted octanol–water partition coefficient (Wildman–Crippen LogP) is 3.01. The second kappa shape index (κ2) is 6.05. The van der Waals surface area contributed by atoms with Crippen LogP contribution in [0.25, 0.3) is 0 Å². The van der Waals surface area contributed by atoms with Crippen LogP contribution in [0.1, 0.15) is 59.3 Å². The standard InChI is InChI=1S/C14H24N2O/c1-4-14(5-2,10-15)13(17)16-12-9-7-6-8-11(12)3/h11-12H,4-9H2,1-3H3,(H,16,17). The first-order valence-corrected chi connectivity index (χ1v) is 6.81. The number of hydrogen-bond donors (Lipinski definition) is 1. The van der Waals surface area contributed by atoms with Gasteiger partial charge in [0.1, 0.15) is 5.41 Å². The molecule has 1 fully saturated rings. The third-order valence-corrected chi connectivity index (χ3v) is 4.28. The number of carbonyl (C=O) groups excluding carboxylic acids is 1. The number of nitrogens with zero attached hydrogens (tertiary/aromatic N) is 1. The first-order valence-electron chi connectivity index (χ1n) is 6.81. The summed E-state index contributed by atoms with van der Waals surface area (Å²) >= 11 is 0. The lowest BCUT2D eigenvalue weighted by molar-refractivity contribution is -0.129. The first kappa shape index (κ1) is 14.0. The smallest absolute Gasteiger partial charge is 0.240 e. The van der Waals surface area contributed by atoms with Gasteiger partial charge in [-0.3, -0.25) is 4.79 Å². The van der Waals surface area contributed by atoms with Crippen LogP contribution in [-0.2, 0) is 4.79 Å².